The minimum atomic E-state index is 0.131. The molecule has 1 N–H and O–H groups in total. The van der Waals surface area contributed by atoms with E-state index < -0.39 is 0 Å². The second-order valence-electron chi connectivity index (χ2n) is 4.83. The number of hydrogen-bond donors (Lipinski definition) is 1. The van der Waals surface area contributed by atoms with E-state index in [9.17, 15) is 0 Å². The summed E-state index contributed by atoms with van der Waals surface area (Å²) in [6, 6.07) is 8.23. The van der Waals surface area contributed by atoms with Gasteiger partial charge in [-0.05, 0) is 11.6 Å². The summed E-state index contributed by atoms with van der Waals surface area (Å²) in [6.07, 6.45) is 0.542. The lowest BCUT2D eigenvalue weighted by molar-refractivity contribution is 0.305. The van der Waals surface area contributed by atoms with E-state index in [-0.39, 0.29) is 11.4 Å². The zero-order valence-electron chi connectivity index (χ0n) is 10.8. The van der Waals surface area contributed by atoms with E-state index in [4.69, 9.17) is 5.11 Å². The number of aliphatic hydroxyl groups excluding tert-OH is 1. The van der Waals surface area contributed by atoms with Crippen LogP contribution in [0.5, 0.6) is 0 Å². The van der Waals surface area contributed by atoms with Gasteiger partial charge in [-0.3, -0.25) is 0 Å². The third kappa shape index (κ3) is 5.81. The number of hydrogen-bond acceptors (Lipinski definition) is 2. The summed E-state index contributed by atoms with van der Waals surface area (Å²) in [4.78, 5) is 0. The second-order valence-corrected chi connectivity index (χ2v) is 6.64. The summed E-state index contributed by atoms with van der Waals surface area (Å²) in [5.41, 5.74) is 2.36. The molecule has 0 saturated heterocycles. The Kier molecular flexibility index (Phi) is 5.61. The van der Waals surface area contributed by atoms with Crippen LogP contribution in [0.1, 0.15) is 38.3 Å². The Bertz CT molecular complexity index is 407. The summed E-state index contributed by atoms with van der Waals surface area (Å²) in [5.74, 6) is 7.09. The Hall–Kier alpha value is -0.910. The van der Waals surface area contributed by atoms with Crippen LogP contribution in [0.2, 0.25) is 0 Å². The number of rotatable bonds is 3. The van der Waals surface area contributed by atoms with Crippen molar-refractivity contribution in [2.24, 2.45) is 0 Å². The molecule has 1 aromatic rings. The number of thioether (sulfide) groups is 1. The first-order valence-corrected chi connectivity index (χ1v) is 6.83. The summed E-state index contributed by atoms with van der Waals surface area (Å²) < 4.78 is 0.269. The van der Waals surface area contributed by atoms with Crippen molar-refractivity contribution in [3.05, 3.63) is 35.4 Å². The molecular weight excluding hydrogens is 228 g/mol. The molecule has 0 spiro atoms. The molecule has 0 aliphatic carbocycles. The van der Waals surface area contributed by atoms with Crippen LogP contribution in [0.15, 0.2) is 24.3 Å². The van der Waals surface area contributed by atoms with Crippen LogP contribution in [-0.4, -0.2) is 16.5 Å². The largest absolute Gasteiger partial charge is 0.395 e. The molecule has 92 valence electrons. The van der Waals surface area contributed by atoms with Crippen molar-refractivity contribution < 1.29 is 5.11 Å². The van der Waals surface area contributed by atoms with Crippen LogP contribution in [0.4, 0.5) is 0 Å². The molecular formula is C15H20OS. The molecule has 2 heteroatoms. The molecule has 0 amide bonds. The maximum absolute atomic E-state index is 8.72. The summed E-state index contributed by atoms with van der Waals surface area (Å²) in [7, 11) is 0. The predicted octanol–water partition coefficient (Wildman–Crippen LogP) is 3.45. The lowest BCUT2D eigenvalue weighted by Gasteiger charge is -2.17. The first-order valence-electron chi connectivity index (χ1n) is 5.84. The highest BCUT2D eigenvalue weighted by Crippen LogP contribution is 2.28. The SMILES string of the molecule is CC(C)(C)SCc1ccccc1C#CCCO. The summed E-state index contributed by atoms with van der Waals surface area (Å²) in [6.45, 7) is 6.79. The van der Waals surface area contributed by atoms with Crippen LogP contribution in [0.3, 0.4) is 0 Å². The number of benzene rings is 1. The van der Waals surface area contributed by atoms with Crippen molar-refractivity contribution in [3.63, 3.8) is 0 Å². The minimum absolute atomic E-state index is 0.131. The molecule has 0 heterocycles. The van der Waals surface area contributed by atoms with Gasteiger partial charge in [0.15, 0.2) is 0 Å². The Morgan fingerprint density at radius 3 is 2.59 bits per heavy atom. The van der Waals surface area contributed by atoms with E-state index in [1.807, 2.05) is 23.9 Å². The topological polar surface area (TPSA) is 20.2 Å². The Morgan fingerprint density at radius 2 is 1.94 bits per heavy atom. The molecule has 0 aromatic heterocycles. The zero-order chi connectivity index (χ0) is 12.7. The second kappa shape index (κ2) is 6.74. The van der Waals surface area contributed by atoms with Gasteiger partial charge in [-0.2, -0.15) is 11.8 Å². The number of aliphatic hydroxyl groups is 1. The monoisotopic (exact) mass is 248 g/mol. The standard InChI is InChI=1S/C15H20OS/c1-15(2,3)17-12-14-10-5-4-8-13(14)9-6-7-11-16/h4-5,8,10,16H,7,11-12H2,1-3H3. The van der Waals surface area contributed by atoms with Crippen LogP contribution in [0.25, 0.3) is 0 Å². The molecule has 0 aliphatic rings. The Balaban J connectivity index is 2.75. The van der Waals surface area contributed by atoms with Gasteiger partial charge in [0.25, 0.3) is 0 Å². The molecule has 0 radical (unpaired) electrons. The van der Waals surface area contributed by atoms with Crippen LogP contribution in [-0.2, 0) is 5.75 Å². The molecule has 1 aromatic carbocycles. The smallest absolute Gasteiger partial charge is 0.0540 e. The van der Waals surface area contributed by atoms with Crippen LogP contribution in [0, 0.1) is 11.8 Å². The first-order chi connectivity index (χ1) is 8.03. The zero-order valence-corrected chi connectivity index (χ0v) is 11.6. The van der Waals surface area contributed by atoms with Gasteiger partial charge in [0, 0.05) is 22.5 Å². The molecule has 0 saturated carbocycles. The summed E-state index contributed by atoms with van der Waals surface area (Å²) in [5, 5.41) is 8.72. The van der Waals surface area contributed by atoms with Gasteiger partial charge in [-0.25, -0.2) is 0 Å². The van der Waals surface area contributed by atoms with Crippen molar-refractivity contribution >= 4 is 11.8 Å². The molecule has 0 atom stereocenters. The van der Waals surface area contributed by atoms with E-state index >= 15 is 0 Å². The van der Waals surface area contributed by atoms with Crippen LogP contribution < -0.4 is 0 Å². The van der Waals surface area contributed by atoms with Gasteiger partial charge >= 0.3 is 0 Å². The van der Waals surface area contributed by atoms with Gasteiger partial charge in [0.1, 0.15) is 0 Å². The van der Waals surface area contributed by atoms with Crippen molar-refractivity contribution in [2.75, 3.05) is 6.61 Å². The van der Waals surface area contributed by atoms with E-state index in [2.05, 4.69) is 44.7 Å². The third-order valence-electron chi connectivity index (χ3n) is 2.14. The normalized spacial score (nSPS) is 10.8. The third-order valence-corrected chi connectivity index (χ3v) is 3.46. The molecule has 0 aliphatic heterocycles. The molecule has 0 bridgehead atoms. The molecule has 1 nitrogen and oxygen atoms in total. The predicted molar refractivity (Wildman–Crippen MR) is 76.1 cm³/mol. The van der Waals surface area contributed by atoms with E-state index in [0.717, 1.165) is 11.3 Å². The van der Waals surface area contributed by atoms with Gasteiger partial charge in [-0.15, -0.1) is 0 Å². The van der Waals surface area contributed by atoms with Crippen molar-refractivity contribution in [1.29, 1.82) is 0 Å². The van der Waals surface area contributed by atoms with E-state index in [1.165, 1.54) is 5.56 Å². The maximum Gasteiger partial charge on any atom is 0.0540 e. The average Bonchev–Trinajstić information content (AvgIpc) is 2.27. The van der Waals surface area contributed by atoms with Crippen molar-refractivity contribution in [3.8, 4) is 11.8 Å². The van der Waals surface area contributed by atoms with Gasteiger partial charge in [0.05, 0.1) is 6.61 Å². The van der Waals surface area contributed by atoms with Crippen LogP contribution >= 0.6 is 11.8 Å². The molecule has 17 heavy (non-hydrogen) atoms. The fraction of sp³-hybridized carbons (Fsp3) is 0.467. The van der Waals surface area contributed by atoms with Gasteiger partial charge < -0.3 is 5.11 Å². The maximum atomic E-state index is 8.72. The highest BCUT2D eigenvalue weighted by atomic mass is 32.2. The quantitative estimate of drug-likeness (QED) is 0.827. The van der Waals surface area contributed by atoms with E-state index in [0.29, 0.717) is 6.42 Å². The fourth-order valence-electron chi connectivity index (χ4n) is 1.28. The van der Waals surface area contributed by atoms with Gasteiger partial charge in [-0.1, -0.05) is 50.8 Å². The molecule has 1 rings (SSSR count). The van der Waals surface area contributed by atoms with Crippen molar-refractivity contribution in [2.45, 2.75) is 37.7 Å². The lowest BCUT2D eigenvalue weighted by atomic mass is 10.1. The fourth-order valence-corrected chi connectivity index (χ4v) is 2.12. The average molecular weight is 248 g/mol. The summed E-state index contributed by atoms with van der Waals surface area (Å²) >= 11 is 1.92. The van der Waals surface area contributed by atoms with Crippen molar-refractivity contribution in [1.82, 2.24) is 0 Å². The Morgan fingerprint density at radius 1 is 1.24 bits per heavy atom. The van der Waals surface area contributed by atoms with E-state index in [1.54, 1.807) is 0 Å². The minimum Gasteiger partial charge on any atom is -0.395 e. The Labute approximate surface area is 109 Å². The molecule has 0 unspecified atom stereocenters. The molecule has 0 fully saturated rings. The highest BCUT2D eigenvalue weighted by Gasteiger charge is 2.11. The van der Waals surface area contributed by atoms with Gasteiger partial charge in [0.2, 0.25) is 0 Å². The lowest BCUT2D eigenvalue weighted by Crippen LogP contribution is -2.07. The first kappa shape index (κ1) is 14.2. The highest BCUT2D eigenvalue weighted by molar-refractivity contribution is 7.99.